The molecule has 19 heavy (non-hydrogen) atoms. The van der Waals surface area contributed by atoms with Crippen LogP contribution < -0.4 is 14.8 Å². The van der Waals surface area contributed by atoms with E-state index >= 15 is 0 Å². The summed E-state index contributed by atoms with van der Waals surface area (Å²) in [6, 6.07) is 5.47. The van der Waals surface area contributed by atoms with Gasteiger partial charge in [0.15, 0.2) is 0 Å². The zero-order chi connectivity index (χ0) is 14.0. The Labute approximate surface area is 114 Å². The van der Waals surface area contributed by atoms with E-state index < -0.39 is 0 Å². The number of carbonyl (C=O) groups excluding carboxylic acids is 1. The van der Waals surface area contributed by atoms with Crippen molar-refractivity contribution in [3.05, 3.63) is 23.8 Å². The summed E-state index contributed by atoms with van der Waals surface area (Å²) in [6.07, 6.45) is 2.35. The molecule has 1 amide bonds. The van der Waals surface area contributed by atoms with Gasteiger partial charge in [-0.3, -0.25) is 4.79 Å². The summed E-state index contributed by atoms with van der Waals surface area (Å²) in [5.74, 6) is 0.976. The van der Waals surface area contributed by atoms with Gasteiger partial charge in [0.25, 0.3) is 5.91 Å². The molecule has 104 valence electrons. The molecule has 0 unspecified atom stereocenters. The van der Waals surface area contributed by atoms with E-state index in [1.807, 2.05) is 32.9 Å². The van der Waals surface area contributed by atoms with E-state index in [4.69, 9.17) is 9.47 Å². The standard InChI is InChI=1S/C15H21NO3/c1-15(2,3)19-12-7-5-6-11(18-10-8-9-10)13(12)14(17)16-4/h5-7,10H,8-9H2,1-4H3,(H,16,17). The molecule has 0 atom stereocenters. The zero-order valence-corrected chi connectivity index (χ0v) is 11.9. The molecule has 1 aromatic carbocycles. The average molecular weight is 263 g/mol. The van der Waals surface area contributed by atoms with Crippen molar-refractivity contribution in [2.24, 2.45) is 0 Å². The lowest BCUT2D eigenvalue weighted by molar-refractivity contribution is 0.0935. The van der Waals surface area contributed by atoms with Gasteiger partial charge in [0.05, 0.1) is 6.10 Å². The summed E-state index contributed by atoms with van der Waals surface area (Å²) in [5, 5.41) is 2.64. The quantitative estimate of drug-likeness (QED) is 0.908. The van der Waals surface area contributed by atoms with E-state index in [-0.39, 0.29) is 17.6 Å². The van der Waals surface area contributed by atoms with Gasteiger partial charge < -0.3 is 14.8 Å². The third kappa shape index (κ3) is 3.63. The second kappa shape index (κ2) is 5.11. The predicted molar refractivity (Wildman–Crippen MR) is 73.9 cm³/mol. The van der Waals surface area contributed by atoms with Gasteiger partial charge >= 0.3 is 0 Å². The smallest absolute Gasteiger partial charge is 0.258 e. The average Bonchev–Trinajstić information content (AvgIpc) is 3.10. The highest BCUT2D eigenvalue weighted by Gasteiger charge is 2.28. The molecular formula is C15H21NO3. The van der Waals surface area contributed by atoms with Gasteiger partial charge in [-0.2, -0.15) is 0 Å². The molecule has 0 bridgehead atoms. The first-order valence-corrected chi connectivity index (χ1v) is 6.61. The lowest BCUT2D eigenvalue weighted by atomic mass is 10.1. The van der Waals surface area contributed by atoms with E-state index in [2.05, 4.69) is 5.32 Å². The van der Waals surface area contributed by atoms with Crippen LogP contribution in [-0.2, 0) is 0 Å². The Kier molecular flexibility index (Phi) is 3.69. The summed E-state index contributed by atoms with van der Waals surface area (Å²) in [7, 11) is 1.61. The predicted octanol–water partition coefficient (Wildman–Crippen LogP) is 2.76. The van der Waals surface area contributed by atoms with Gasteiger partial charge in [-0.15, -0.1) is 0 Å². The molecule has 4 nitrogen and oxygen atoms in total. The highest BCUT2D eigenvalue weighted by molar-refractivity contribution is 5.99. The van der Waals surface area contributed by atoms with Crippen molar-refractivity contribution < 1.29 is 14.3 Å². The molecule has 1 aliphatic carbocycles. The van der Waals surface area contributed by atoms with Crippen molar-refractivity contribution in [2.75, 3.05) is 7.05 Å². The molecule has 1 saturated carbocycles. The summed E-state index contributed by atoms with van der Waals surface area (Å²) >= 11 is 0. The number of hydrogen-bond donors (Lipinski definition) is 1. The molecule has 0 radical (unpaired) electrons. The van der Waals surface area contributed by atoms with Crippen LogP contribution in [0.3, 0.4) is 0 Å². The van der Waals surface area contributed by atoms with Crippen LogP contribution in [0.2, 0.25) is 0 Å². The minimum absolute atomic E-state index is 0.185. The van der Waals surface area contributed by atoms with Gasteiger partial charge in [-0.05, 0) is 45.7 Å². The second-order valence-corrected chi connectivity index (χ2v) is 5.74. The van der Waals surface area contributed by atoms with Crippen LogP contribution >= 0.6 is 0 Å². The molecule has 0 heterocycles. The highest BCUT2D eigenvalue weighted by Crippen LogP contribution is 2.35. The first-order chi connectivity index (χ1) is 8.90. The molecule has 4 heteroatoms. The maximum absolute atomic E-state index is 12.1. The van der Waals surface area contributed by atoms with Crippen molar-refractivity contribution in [2.45, 2.75) is 45.3 Å². The molecule has 0 saturated heterocycles. The van der Waals surface area contributed by atoms with Gasteiger partial charge in [0, 0.05) is 7.05 Å². The Morgan fingerprint density at radius 1 is 1.26 bits per heavy atom. The molecule has 0 aromatic heterocycles. The second-order valence-electron chi connectivity index (χ2n) is 5.74. The van der Waals surface area contributed by atoms with E-state index in [9.17, 15) is 4.79 Å². The van der Waals surface area contributed by atoms with E-state index in [0.717, 1.165) is 12.8 Å². The number of carbonyl (C=O) groups is 1. The SMILES string of the molecule is CNC(=O)c1c(OC2CC2)cccc1OC(C)(C)C. The summed E-state index contributed by atoms with van der Waals surface area (Å²) in [5.41, 5.74) is 0.118. The van der Waals surface area contributed by atoms with Gasteiger partial charge in [0.1, 0.15) is 22.7 Å². The lowest BCUT2D eigenvalue weighted by Crippen LogP contribution is -2.26. The fourth-order valence-corrected chi connectivity index (χ4v) is 1.74. The highest BCUT2D eigenvalue weighted by atomic mass is 16.5. The zero-order valence-electron chi connectivity index (χ0n) is 11.9. The Bertz CT molecular complexity index is 473. The van der Waals surface area contributed by atoms with Crippen LogP contribution in [0.4, 0.5) is 0 Å². The van der Waals surface area contributed by atoms with Gasteiger partial charge in [-0.1, -0.05) is 6.07 Å². The lowest BCUT2D eigenvalue weighted by Gasteiger charge is -2.24. The third-order valence-electron chi connectivity index (χ3n) is 2.68. The Balaban J connectivity index is 2.37. The molecule has 1 aromatic rings. The Morgan fingerprint density at radius 3 is 2.42 bits per heavy atom. The van der Waals surface area contributed by atoms with E-state index in [0.29, 0.717) is 17.1 Å². The number of rotatable bonds is 4. The molecule has 1 aliphatic rings. The van der Waals surface area contributed by atoms with Gasteiger partial charge in [-0.25, -0.2) is 0 Å². The number of benzene rings is 1. The van der Waals surface area contributed by atoms with Crippen LogP contribution in [0.5, 0.6) is 11.5 Å². The molecule has 1 fully saturated rings. The van der Waals surface area contributed by atoms with E-state index in [1.165, 1.54) is 0 Å². The first-order valence-electron chi connectivity index (χ1n) is 6.61. The van der Waals surface area contributed by atoms with Crippen molar-refractivity contribution in [1.29, 1.82) is 0 Å². The minimum atomic E-state index is -0.360. The van der Waals surface area contributed by atoms with Crippen molar-refractivity contribution in [3.63, 3.8) is 0 Å². The Morgan fingerprint density at radius 2 is 1.89 bits per heavy atom. The van der Waals surface area contributed by atoms with Crippen molar-refractivity contribution in [3.8, 4) is 11.5 Å². The maximum atomic E-state index is 12.1. The van der Waals surface area contributed by atoms with Crippen LogP contribution in [-0.4, -0.2) is 24.7 Å². The number of ether oxygens (including phenoxy) is 2. The van der Waals surface area contributed by atoms with Crippen molar-refractivity contribution >= 4 is 5.91 Å². The molecule has 0 aliphatic heterocycles. The van der Waals surface area contributed by atoms with Gasteiger partial charge in [0.2, 0.25) is 0 Å². The molecule has 0 spiro atoms. The van der Waals surface area contributed by atoms with Crippen LogP contribution in [0.1, 0.15) is 44.0 Å². The largest absolute Gasteiger partial charge is 0.489 e. The Hall–Kier alpha value is -1.71. The fraction of sp³-hybridized carbons (Fsp3) is 0.533. The van der Waals surface area contributed by atoms with Crippen LogP contribution in [0, 0.1) is 0 Å². The third-order valence-corrected chi connectivity index (χ3v) is 2.68. The van der Waals surface area contributed by atoms with E-state index in [1.54, 1.807) is 13.1 Å². The molecule has 1 N–H and O–H groups in total. The molecule has 2 rings (SSSR count). The van der Waals surface area contributed by atoms with Crippen LogP contribution in [0.25, 0.3) is 0 Å². The summed E-state index contributed by atoms with van der Waals surface area (Å²) in [6.45, 7) is 5.86. The minimum Gasteiger partial charge on any atom is -0.489 e. The summed E-state index contributed by atoms with van der Waals surface area (Å²) < 4.78 is 11.7. The number of amides is 1. The normalized spacial score (nSPS) is 14.9. The molecular weight excluding hydrogens is 242 g/mol. The van der Waals surface area contributed by atoms with Crippen LogP contribution in [0.15, 0.2) is 18.2 Å². The number of hydrogen-bond acceptors (Lipinski definition) is 3. The van der Waals surface area contributed by atoms with Crippen molar-refractivity contribution in [1.82, 2.24) is 5.32 Å². The maximum Gasteiger partial charge on any atom is 0.258 e. The summed E-state index contributed by atoms with van der Waals surface area (Å²) in [4.78, 5) is 12.1. The fourth-order valence-electron chi connectivity index (χ4n) is 1.74. The first kappa shape index (κ1) is 13.7. The monoisotopic (exact) mass is 263 g/mol. The number of nitrogens with one attached hydrogen (secondary N) is 1. The topological polar surface area (TPSA) is 47.6 Å².